The molecule has 0 aliphatic carbocycles. The van der Waals surface area contributed by atoms with Gasteiger partial charge in [0.15, 0.2) is 5.76 Å². The number of nitrogens with one attached hydrogen (secondary N) is 1. The molecule has 1 saturated heterocycles. The highest BCUT2D eigenvalue weighted by Crippen LogP contribution is 2.30. The van der Waals surface area contributed by atoms with Gasteiger partial charge >= 0.3 is 0 Å². The number of benzene rings is 2. The summed E-state index contributed by atoms with van der Waals surface area (Å²) in [5, 5.41) is 5.55. The van der Waals surface area contributed by atoms with Crippen LogP contribution >= 0.6 is 11.3 Å². The van der Waals surface area contributed by atoms with E-state index in [-0.39, 0.29) is 16.6 Å². The number of rotatable bonds is 6. The highest BCUT2D eigenvalue weighted by Gasteiger charge is 2.26. The van der Waals surface area contributed by atoms with E-state index < -0.39 is 10.0 Å². The summed E-state index contributed by atoms with van der Waals surface area (Å²) in [5.74, 6) is -0.0641. The molecule has 0 unspecified atom stereocenters. The number of hydrogen-bond donors (Lipinski definition) is 1. The number of carbonyl (C=O) groups is 1. The lowest BCUT2D eigenvalue weighted by Gasteiger charge is -2.26. The second-order valence-electron chi connectivity index (χ2n) is 7.59. The minimum Gasteiger partial charge on any atom is -0.459 e. The van der Waals surface area contributed by atoms with Crippen molar-refractivity contribution < 1.29 is 22.4 Å². The van der Waals surface area contributed by atoms with Crippen molar-refractivity contribution in [1.82, 2.24) is 9.29 Å². The van der Waals surface area contributed by atoms with Crippen LogP contribution in [0.3, 0.4) is 0 Å². The van der Waals surface area contributed by atoms with E-state index in [0.29, 0.717) is 32.0 Å². The number of nitrogens with zero attached hydrogens (tertiary/aromatic N) is 2. The Balaban J connectivity index is 1.28. The van der Waals surface area contributed by atoms with Crippen molar-refractivity contribution >= 4 is 33.0 Å². The highest BCUT2D eigenvalue weighted by molar-refractivity contribution is 7.89. The molecule has 4 aromatic rings. The molecule has 1 aliphatic rings. The Kier molecular flexibility index (Phi) is 6.29. The molecule has 1 aliphatic heterocycles. The number of hydrogen-bond acceptors (Lipinski definition) is 7. The molecule has 0 saturated carbocycles. The monoisotopic (exact) mass is 495 g/mol. The second-order valence-corrected chi connectivity index (χ2v) is 10.4. The minimum absolute atomic E-state index is 0.248. The molecule has 5 rings (SSSR count). The Labute approximate surface area is 200 Å². The van der Waals surface area contributed by atoms with Crippen molar-refractivity contribution in [3.63, 3.8) is 0 Å². The largest absolute Gasteiger partial charge is 0.459 e. The number of furan rings is 1. The first-order valence-electron chi connectivity index (χ1n) is 10.6. The number of thiazole rings is 1. The number of anilines is 1. The van der Waals surface area contributed by atoms with E-state index in [9.17, 15) is 13.2 Å². The van der Waals surface area contributed by atoms with Crippen molar-refractivity contribution in [1.29, 1.82) is 0 Å². The molecule has 0 spiro atoms. The predicted octanol–water partition coefficient (Wildman–Crippen LogP) is 4.34. The summed E-state index contributed by atoms with van der Waals surface area (Å²) in [5.41, 5.74) is 3.18. The molecule has 8 nitrogen and oxygen atoms in total. The number of ether oxygens (including phenoxy) is 1. The maximum atomic E-state index is 12.8. The van der Waals surface area contributed by atoms with Crippen LogP contribution in [0.2, 0.25) is 0 Å². The summed E-state index contributed by atoms with van der Waals surface area (Å²) in [6.45, 7) is 1.56. The van der Waals surface area contributed by atoms with E-state index >= 15 is 0 Å². The van der Waals surface area contributed by atoms with Gasteiger partial charge in [-0.2, -0.15) is 4.31 Å². The normalized spacial score (nSPS) is 14.7. The quantitative estimate of drug-likeness (QED) is 0.427. The van der Waals surface area contributed by atoms with Crippen molar-refractivity contribution in [2.45, 2.75) is 4.90 Å². The van der Waals surface area contributed by atoms with Gasteiger partial charge in [-0.3, -0.25) is 4.79 Å². The van der Waals surface area contributed by atoms with E-state index in [1.165, 1.54) is 21.9 Å². The number of carbonyl (C=O) groups excluding carboxylic acids is 1. The lowest BCUT2D eigenvalue weighted by atomic mass is 10.2. The SMILES string of the molecule is O=C(Nc1ccc(-c2nc(-c3ccc(S(=O)(=O)N4CCOCC4)cc3)cs2)cc1)c1ccco1. The van der Waals surface area contributed by atoms with Gasteiger partial charge in [-0.1, -0.05) is 12.1 Å². The van der Waals surface area contributed by atoms with E-state index in [1.807, 2.05) is 29.6 Å². The summed E-state index contributed by atoms with van der Waals surface area (Å²) in [6.07, 6.45) is 1.45. The molecule has 0 atom stereocenters. The van der Waals surface area contributed by atoms with Crippen LogP contribution in [0, 0.1) is 0 Å². The molecule has 2 aromatic heterocycles. The molecule has 3 heterocycles. The lowest BCUT2D eigenvalue weighted by molar-refractivity contribution is 0.0730. The zero-order valence-corrected chi connectivity index (χ0v) is 19.6. The number of morpholine rings is 1. The summed E-state index contributed by atoms with van der Waals surface area (Å²) in [6, 6.07) is 17.5. The summed E-state index contributed by atoms with van der Waals surface area (Å²) >= 11 is 1.49. The van der Waals surface area contributed by atoms with Crippen LogP contribution < -0.4 is 5.32 Å². The van der Waals surface area contributed by atoms with Crippen molar-refractivity contribution in [2.75, 3.05) is 31.6 Å². The fraction of sp³-hybridized carbons (Fsp3) is 0.167. The third kappa shape index (κ3) is 4.66. The molecule has 34 heavy (non-hydrogen) atoms. The second kappa shape index (κ2) is 9.51. The van der Waals surface area contributed by atoms with Gasteiger partial charge in [0.1, 0.15) is 5.01 Å². The average Bonchev–Trinajstić information content (AvgIpc) is 3.58. The minimum atomic E-state index is -3.53. The van der Waals surface area contributed by atoms with Gasteiger partial charge in [0.25, 0.3) is 5.91 Å². The molecule has 0 radical (unpaired) electrons. The summed E-state index contributed by atoms with van der Waals surface area (Å²) in [7, 11) is -3.53. The Morgan fingerprint density at radius 2 is 1.68 bits per heavy atom. The average molecular weight is 496 g/mol. The van der Waals surface area contributed by atoms with Crippen molar-refractivity contribution in [2.24, 2.45) is 0 Å². The van der Waals surface area contributed by atoms with Crippen LogP contribution in [0.25, 0.3) is 21.8 Å². The molecule has 174 valence electrons. The number of aromatic nitrogens is 1. The molecule has 1 fully saturated rings. The topological polar surface area (TPSA) is 102 Å². The predicted molar refractivity (Wildman–Crippen MR) is 129 cm³/mol. The third-order valence-electron chi connectivity index (χ3n) is 5.40. The van der Waals surface area contributed by atoms with Gasteiger partial charge in [-0.15, -0.1) is 11.3 Å². The lowest BCUT2D eigenvalue weighted by Crippen LogP contribution is -2.40. The van der Waals surface area contributed by atoms with E-state index in [4.69, 9.17) is 14.1 Å². The summed E-state index contributed by atoms with van der Waals surface area (Å²) in [4.78, 5) is 17.1. The first kappa shape index (κ1) is 22.5. The fourth-order valence-electron chi connectivity index (χ4n) is 3.57. The van der Waals surface area contributed by atoms with Gasteiger partial charge in [-0.05, 0) is 48.5 Å². The van der Waals surface area contributed by atoms with Crippen LogP contribution in [0.1, 0.15) is 10.6 Å². The Morgan fingerprint density at radius 3 is 2.35 bits per heavy atom. The number of sulfonamides is 1. The zero-order chi connectivity index (χ0) is 23.5. The maximum Gasteiger partial charge on any atom is 0.291 e. The van der Waals surface area contributed by atoms with Gasteiger partial charge < -0.3 is 14.5 Å². The Hall–Kier alpha value is -3.31. The first-order valence-corrected chi connectivity index (χ1v) is 12.9. The van der Waals surface area contributed by atoms with Gasteiger partial charge in [0.2, 0.25) is 10.0 Å². The number of amides is 1. The van der Waals surface area contributed by atoms with Gasteiger partial charge in [-0.25, -0.2) is 13.4 Å². The van der Waals surface area contributed by atoms with Crippen LogP contribution in [-0.2, 0) is 14.8 Å². The highest BCUT2D eigenvalue weighted by atomic mass is 32.2. The molecule has 1 N–H and O–H groups in total. The standard InChI is InChI=1S/C24H21N3O5S2/c28-23(22-2-1-13-32-22)25-19-7-3-18(4-8-19)24-26-21(16-33-24)17-5-9-20(10-6-17)34(29,30)27-11-14-31-15-12-27/h1-10,13,16H,11-12,14-15H2,(H,25,28). The maximum absolute atomic E-state index is 12.8. The van der Waals surface area contributed by atoms with Crippen molar-refractivity contribution in [3.05, 3.63) is 78.1 Å². The molecular formula is C24H21N3O5S2. The molecule has 10 heteroatoms. The molecule has 1 amide bonds. The van der Waals surface area contributed by atoms with Crippen LogP contribution in [0.5, 0.6) is 0 Å². The molecular weight excluding hydrogens is 474 g/mol. The molecule has 2 aromatic carbocycles. The smallest absolute Gasteiger partial charge is 0.291 e. The van der Waals surface area contributed by atoms with Crippen LogP contribution in [0.15, 0.2) is 81.6 Å². The van der Waals surface area contributed by atoms with Crippen molar-refractivity contribution in [3.8, 4) is 21.8 Å². The fourth-order valence-corrected chi connectivity index (χ4v) is 5.81. The van der Waals surface area contributed by atoms with Gasteiger partial charge in [0, 0.05) is 35.3 Å². The van der Waals surface area contributed by atoms with E-state index in [1.54, 1.807) is 36.4 Å². The zero-order valence-electron chi connectivity index (χ0n) is 18.0. The Morgan fingerprint density at radius 1 is 0.971 bits per heavy atom. The first-order chi connectivity index (χ1) is 16.5. The van der Waals surface area contributed by atoms with E-state index in [0.717, 1.165) is 21.8 Å². The van der Waals surface area contributed by atoms with E-state index in [2.05, 4.69) is 5.32 Å². The Bertz CT molecular complexity index is 1370. The summed E-state index contributed by atoms with van der Waals surface area (Å²) < 4.78 is 37.4. The van der Waals surface area contributed by atoms with Crippen LogP contribution in [-0.4, -0.2) is 49.9 Å². The van der Waals surface area contributed by atoms with Crippen LogP contribution in [0.4, 0.5) is 5.69 Å². The molecule has 0 bridgehead atoms. The third-order valence-corrected chi connectivity index (χ3v) is 8.20. The van der Waals surface area contributed by atoms with Gasteiger partial charge in [0.05, 0.1) is 30.1 Å².